The SMILES string of the molecule is CCc1cc(C)c(CC)c(CC)c1C. The highest BCUT2D eigenvalue weighted by atomic mass is 14.1. The van der Waals surface area contributed by atoms with Crippen LogP contribution < -0.4 is 0 Å². The van der Waals surface area contributed by atoms with Crippen LogP contribution in [0.1, 0.15) is 48.6 Å². The van der Waals surface area contributed by atoms with Gasteiger partial charge in [0, 0.05) is 0 Å². The van der Waals surface area contributed by atoms with Crippen molar-refractivity contribution in [1.82, 2.24) is 0 Å². The Morgan fingerprint density at radius 1 is 0.857 bits per heavy atom. The highest BCUT2D eigenvalue weighted by Crippen LogP contribution is 2.24. The second kappa shape index (κ2) is 4.63. The van der Waals surface area contributed by atoms with E-state index < -0.39 is 0 Å². The summed E-state index contributed by atoms with van der Waals surface area (Å²) < 4.78 is 0. The van der Waals surface area contributed by atoms with Gasteiger partial charge in [0.15, 0.2) is 0 Å². The van der Waals surface area contributed by atoms with Crippen LogP contribution in [0.2, 0.25) is 0 Å². The van der Waals surface area contributed by atoms with Crippen molar-refractivity contribution in [2.24, 2.45) is 0 Å². The second-order valence-corrected chi connectivity index (χ2v) is 4.00. The highest BCUT2D eigenvalue weighted by molar-refractivity contribution is 5.45. The molecule has 0 heterocycles. The minimum Gasteiger partial charge on any atom is -0.0613 e. The van der Waals surface area contributed by atoms with E-state index in [0.717, 1.165) is 6.42 Å². The third kappa shape index (κ3) is 1.84. The Morgan fingerprint density at radius 2 is 1.43 bits per heavy atom. The average molecular weight is 190 g/mol. The van der Waals surface area contributed by atoms with Crippen LogP contribution >= 0.6 is 0 Å². The molecule has 0 aromatic heterocycles. The second-order valence-electron chi connectivity index (χ2n) is 4.00. The Hall–Kier alpha value is -0.780. The van der Waals surface area contributed by atoms with E-state index in [9.17, 15) is 0 Å². The van der Waals surface area contributed by atoms with E-state index in [1.807, 2.05) is 0 Å². The summed E-state index contributed by atoms with van der Waals surface area (Å²) >= 11 is 0. The average Bonchev–Trinajstić information content (AvgIpc) is 2.20. The van der Waals surface area contributed by atoms with Crippen molar-refractivity contribution in [3.05, 3.63) is 33.9 Å². The van der Waals surface area contributed by atoms with Crippen molar-refractivity contribution in [1.29, 1.82) is 0 Å². The predicted molar refractivity (Wildman–Crippen MR) is 64.1 cm³/mol. The van der Waals surface area contributed by atoms with Crippen molar-refractivity contribution >= 4 is 0 Å². The fraction of sp³-hybridized carbons (Fsp3) is 0.571. The molecule has 78 valence electrons. The molecule has 1 aromatic carbocycles. The first kappa shape index (κ1) is 11.3. The molecule has 0 saturated heterocycles. The van der Waals surface area contributed by atoms with E-state index in [2.05, 4.69) is 40.7 Å². The summed E-state index contributed by atoms with van der Waals surface area (Å²) in [5, 5.41) is 0. The standard InChI is InChI=1S/C14H22/c1-6-12-9-10(4)13(7-2)14(8-3)11(12)5/h9H,6-8H2,1-5H3. The molecule has 0 nitrogen and oxygen atoms in total. The molecule has 0 aliphatic heterocycles. The lowest BCUT2D eigenvalue weighted by Gasteiger charge is -2.16. The van der Waals surface area contributed by atoms with Crippen LogP contribution in [0.25, 0.3) is 0 Å². The molecule has 0 N–H and O–H groups in total. The van der Waals surface area contributed by atoms with Crippen LogP contribution in [0.5, 0.6) is 0 Å². The molecule has 1 rings (SSSR count). The Morgan fingerprint density at radius 3 is 1.86 bits per heavy atom. The molecule has 14 heavy (non-hydrogen) atoms. The number of aryl methyl sites for hydroxylation is 2. The number of rotatable bonds is 3. The van der Waals surface area contributed by atoms with E-state index in [0.29, 0.717) is 0 Å². The first-order valence-corrected chi connectivity index (χ1v) is 5.76. The van der Waals surface area contributed by atoms with Crippen molar-refractivity contribution < 1.29 is 0 Å². The fourth-order valence-corrected chi connectivity index (χ4v) is 2.45. The zero-order chi connectivity index (χ0) is 10.7. The summed E-state index contributed by atoms with van der Waals surface area (Å²) in [5.41, 5.74) is 7.69. The van der Waals surface area contributed by atoms with Crippen LogP contribution in [0.15, 0.2) is 6.07 Å². The highest BCUT2D eigenvalue weighted by Gasteiger charge is 2.09. The minimum atomic E-state index is 1.16. The van der Waals surface area contributed by atoms with Gasteiger partial charge in [0.2, 0.25) is 0 Å². The molecule has 0 bridgehead atoms. The summed E-state index contributed by atoms with van der Waals surface area (Å²) in [6.07, 6.45) is 3.49. The van der Waals surface area contributed by atoms with Gasteiger partial charge in [0.25, 0.3) is 0 Å². The number of hydrogen-bond acceptors (Lipinski definition) is 0. The van der Waals surface area contributed by atoms with E-state index in [4.69, 9.17) is 0 Å². The van der Waals surface area contributed by atoms with Crippen LogP contribution in [0, 0.1) is 13.8 Å². The lowest BCUT2D eigenvalue weighted by molar-refractivity contribution is 0.971. The van der Waals surface area contributed by atoms with Crippen molar-refractivity contribution in [3.8, 4) is 0 Å². The van der Waals surface area contributed by atoms with Gasteiger partial charge in [-0.25, -0.2) is 0 Å². The topological polar surface area (TPSA) is 0 Å². The van der Waals surface area contributed by atoms with E-state index in [-0.39, 0.29) is 0 Å². The Bertz CT molecular complexity index is 321. The minimum absolute atomic E-state index is 1.16. The number of benzene rings is 1. The maximum absolute atomic E-state index is 2.37. The molecule has 0 fully saturated rings. The van der Waals surface area contributed by atoms with E-state index in [1.54, 1.807) is 11.1 Å². The molecule has 0 aliphatic rings. The van der Waals surface area contributed by atoms with Gasteiger partial charge >= 0.3 is 0 Å². The van der Waals surface area contributed by atoms with Gasteiger partial charge in [-0.1, -0.05) is 26.8 Å². The third-order valence-corrected chi connectivity index (χ3v) is 3.25. The fourth-order valence-electron chi connectivity index (χ4n) is 2.45. The van der Waals surface area contributed by atoms with Crippen LogP contribution in [-0.4, -0.2) is 0 Å². The zero-order valence-electron chi connectivity index (χ0n) is 10.2. The van der Waals surface area contributed by atoms with Crippen LogP contribution in [0.3, 0.4) is 0 Å². The Kier molecular flexibility index (Phi) is 3.74. The Labute approximate surface area is 88.4 Å². The third-order valence-electron chi connectivity index (χ3n) is 3.25. The lowest BCUT2D eigenvalue weighted by atomic mass is 9.89. The van der Waals surface area contributed by atoms with Gasteiger partial charge in [-0.05, 0) is 60.9 Å². The molecule has 0 heteroatoms. The summed E-state index contributed by atoms with van der Waals surface area (Å²) in [4.78, 5) is 0. The normalized spacial score (nSPS) is 10.6. The van der Waals surface area contributed by atoms with Crippen molar-refractivity contribution in [2.45, 2.75) is 53.9 Å². The summed E-state index contributed by atoms with van der Waals surface area (Å²) in [7, 11) is 0. The molecular formula is C14H22. The van der Waals surface area contributed by atoms with E-state index >= 15 is 0 Å². The molecule has 0 amide bonds. The smallest absolute Gasteiger partial charge is 0.0302 e. The van der Waals surface area contributed by atoms with Gasteiger partial charge in [-0.15, -0.1) is 0 Å². The predicted octanol–water partition coefficient (Wildman–Crippen LogP) is 3.99. The molecule has 0 saturated carbocycles. The van der Waals surface area contributed by atoms with Crippen molar-refractivity contribution in [3.63, 3.8) is 0 Å². The summed E-state index contributed by atoms with van der Waals surface area (Å²) in [5.74, 6) is 0. The van der Waals surface area contributed by atoms with E-state index in [1.165, 1.54) is 29.5 Å². The lowest BCUT2D eigenvalue weighted by Crippen LogP contribution is -2.02. The molecule has 0 aliphatic carbocycles. The number of hydrogen-bond donors (Lipinski definition) is 0. The van der Waals surface area contributed by atoms with Gasteiger partial charge in [0.05, 0.1) is 0 Å². The van der Waals surface area contributed by atoms with Crippen LogP contribution in [-0.2, 0) is 19.3 Å². The van der Waals surface area contributed by atoms with Gasteiger partial charge < -0.3 is 0 Å². The largest absolute Gasteiger partial charge is 0.0613 e. The van der Waals surface area contributed by atoms with Gasteiger partial charge in [-0.3, -0.25) is 0 Å². The molecule has 1 aromatic rings. The van der Waals surface area contributed by atoms with Crippen LogP contribution in [0.4, 0.5) is 0 Å². The van der Waals surface area contributed by atoms with Gasteiger partial charge in [-0.2, -0.15) is 0 Å². The monoisotopic (exact) mass is 190 g/mol. The molecular weight excluding hydrogens is 168 g/mol. The quantitative estimate of drug-likeness (QED) is 0.676. The van der Waals surface area contributed by atoms with Crippen molar-refractivity contribution in [2.75, 3.05) is 0 Å². The molecule has 0 unspecified atom stereocenters. The Balaban J connectivity index is 3.40. The first-order chi connectivity index (χ1) is 6.65. The maximum Gasteiger partial charge on any atom is -0.0302 e. The zero-order valence-corrected chi connectivity index (χ0v) is 10.2. The summed E-state index contributed by atoms with van der Waals surface area (Å²) in [6, 6.07) is 2.37. The van der Waals surface area contributed by atoms with Gasteiger partial charge in [0.1, 0.15) is 0 Å². The maximum atomic E-state index is 2.37. The summed E-state index contributed by atoms with van der Waals surface area (Å²) in [6.45, 7) is 11.3. The molecule has 0 atom stereocenters. The molecule has 0 spiro atoms. The first-order valence-electron chi connectivity index (χ1n) is 5.76. The molecule has 0 radical (unpaired) electrons.